The van der Waals surface area contributed by atoms with Crippen molar-refractivity contribution in [2.75, 3.05) is 22.1 Å². The minimum absolute atomic E-state index is 0.0497. The van der Waals surface area contributed by atoms with Gasteiger partial charge in [0.25, 0.3) is 0 Å². The molecule has 3 rings (SSSR count). The van der Waals surface area contributed by atoms with Crippen molar-refractivity contribution >= 4 is 40.5 Å². The normalized spacial score (nSPS) is 14.0. The Morgan fingerprint density at radius 3 is 2.68 bits per heavy atom. The molecule has 0 saturated heterocycles. The first-order valence-electron chi connectivity index (χ1n) is 8.18. The summed E-state index contributed by atoms with van der Waals surface area (Å²) in [6.07, 6.45) is 0.827. The molecule has 2 amide bonds. The molecule has 130 valence electrons. The molecular formula is C19H20ClN3O2. The van der Waals surface area contributed by atoms with Gasteiger partial charge in [0, 0.05) is 35.6 Å². The SMILES string of the molecule is CC(=O)N1CCc2cc(N[C@H](C)C(=O)Nc3cccc(Cl)c3)ccc21. The zero-order valence-corrected chi connectivity index (χ0v) is 14.9. The highest BCUT2D eigenvalue weighted by molar-refractivity contribution is 6.30. The number of amides is 2. The van der Waals surface area contributed by atoms with E-state index < -0.39 is 6.04 Å². The van der Waals surface area contributed by atoms with E-state index in [-0.39, 0.29) is 11.8 Å². The third-order valence-corrected chi connectivity index (χ3v) is 4.46. The number of nitrogens with zero attached hydrogens (tertiary/aromatic N) is 1. The molecule has 2 N–H and O–H groups in total. The molecule has 25 heavy (non-hydrogen) atoms. The smallest absolute Gasteiger partial charge is 0.246 e. The molecule has 6 heteroatoms. The minimum atomic E-state index is -0.414. The molecule has 1 atom stereocenters. The van der Waals surface area contributed by atoms with Gasteiger partial charge in [-0.2, -0.15) is 0 Å². The maximum Gasteiger partial charge on any atom is 0.246 e. The first-order chi connectivity index (χ1) is 11.9. The summed E-state index contributed by atoms with van der Waals surface area (Å²) in [6, 6.07) is 12.5. The highest BCUT2D eigenvalue weighted by Gasteiger charge is 2.22. The molecule has 1 aliphatic heterocycles. The molecular weight excluding hydrogens is 338 g/mol. The van der Waals surface area contributed by atoms with Crippen LogP contribution < -0.4 is 15.5 Å². The number of hydrogen-bond donors (Lipinski definition) is 2. The first kappa shape index (κ1) is 17.3. The van der Waals surface area contributed by atoms with E-state index >= 15 is 0 Å². The fourth-order valence-electron chi connectivity index (χ4n) is 2.95. The fourth-order valence-corrected chi connectivity index (χ4v) is 3.14. The average molecular weight is 358 g/mol. The summed E-state index contributed by atoms with van der Waals surface area (Å²) in [6.45, 7) is 4.08. The molecule has 0 aliphatic carbocycles. The van der Waals surface area contributed by atoms with E-state index in [0.29, 0.717) is 17.3 Å². The predicted molar refractivity (Wildman–Crippen MR) is 101 cm³/mol. The molecule has 1 heterocycles. The molecule has 2 aromatic rings. The molecule has 0 aromatic heterocycles. The largest absolute Gasteiger partial charge is 0.374 e. The number of rotatable bonds is 4. The summed E-state index contributed by atoms with van der Waals surface area (Å²) in [4.78, 5) is 25.7. The number of benzene rings is 2. The van der Waals surface area contributed by atoms with E-state index in [4.69, 9.17) is 11.6 Å². The zero-order valence-electron chi connectivity index (χ0n) is 14.2. The molecule has 0 radical (unpaired) electrons. The van der Waals surface area contributed by atoms with E-state index in [0.717, 1.165) is 23.4 Å². The van der Waals surface area contributed by atoms with Gasteiger partial charge < -0.3 is 15.5 Å². The lowest BCUT2D eigenvalue weighted by Gasteiger charge is -2.18. The molecule has 1 aliphatic rings. The van der Waals surface area contributed by atoms with Crippen LogP contribution in [0.15, 0.2) is 42.5 Å². The van der Waals surface area contributed by atoms with Crippen LogP contribution in [0.1, 0.15) is 19.4 Å². The van der Waals surface area contributed by atoms with Gasteiger partial charge in [0.05, 0.1) is 0 Å². The Balaban J connectivity index is 1.66. The van der Waals surface area contributed by atoms with E-state index in [2.05, 4.69) is 10.6 Å². The summed E-state index contributed by atoms with van der Waals surface area (Å²) < 4.78 is 0. The monoisotopic (exact) mass is 357 g/mol. The van der Waals surface area contributed by atoms with Crippen molar-refractivity contribution < 1.29 is 9.59 Å². The van der Waals surface area contributed by atoms with Gasteiger partial charge >= 0.3 is 0 Å². The van der Waals surface area contributed by atoms with Gasteiger partial charge in [-0.15, -0.1) is 0 Å². The van der Waals surface area contributed by atoms with Crippen LogP contribution in [0.5, 0.6) is 0 Å². The molecule has 0 unspecified atom stereocenters. The Morgan fingerprint density at radius 1 is 1.16 bits per heavy atom. The molecule has 0 saturated carbocycles. The van der Waals surface area contributed by atoms with Crippen LogP contribution in [0.3, 0.4) is 0 Å². The van der Waals surface area contributed by atoms with Crippen LogP contribution in [0.2, 0.25) is 5.02 Å². The van der Waals surface area contributed by atoms with Gasteiger partial charge in [0.15, 0.2) is 0 Å². The van der Waals surface area contributed by atoms with Gasteiger partial charge in [-0.1, -0.05) is 17.7 Å². The number of carbonyl (C=O) groups excluding carboxylic acids is 2. The second kappa shape index (κ2) is 7.15. The van der Waals surface area contributed by atoms with Crippen LogP contribution in [0.4, 0.5) is 17.1 Å². The Kier molecular flexibility index (Phi) is 4.95. The number of hydrogen-bond acceptors (Lipinski definition) is 3. The topological polar surface area (TPSA) is 61.4 Å². The Morgan fingerprint density at radius 2 is 1.96 bits per heavy atom. The third kappa shape index (κ3) is 3.94. The molecule has 0 spiro atoms. The number of carbonyl (C=O) groups is 2. The molecule has 2 aromatic carbocycles. The van der Waals surface area contributed by atoms with E-state index in [1.165, 1.54) is 0 Å². The lowest BCUT2D eigenvalue weighted by molar-refractivity contribution is -0.117. The number of halogens is 1. The maximum atomic E-state index is 12.3. The van der Waals surface area contributed by atoms with Gasteiger partial charge in [-0.3, -0.25) is 9.59 Å². The number of nitrogens with one attached hydrogen (secondary N) is 2. The van der Waals surface area contributed by atoms with Crippen molar-refractivity contribution in [3.05, 3.63) is 53.1 Å². The van der Waals surface area contributed by atoms with Crippen molar-refractivity contribution in [3.8, 4) is 0 Å². The highest BCUT2D eigenvalue weighted by atomic mass is 35.5. The van der Waals surface area contributed by atoms with Crippen molar-refractivity contribution in [2.24, 2.45) is 0 Å². The Hall–Kier alpha value is -2.53. The van der Waals surface area contributed by atoms with Crippen molar-refractivity contribution in [1.29, 1.82) is 0 Å². The number of fused-ring (bicyclic) bond motifs is 1. The van der Waals surface area contributed by atoms with E-state index in [1.54, 1.807) is 43.0 Å². The second-order valence-electron chi connectivity index (χ2n) is 6.13. The summed E-state index contributed by atoms with van der Waals surface area (Å²) in [5.41, 5.74) is 3.59. The molecule has 0 bridgehead atoms. The van der Waals surface area contributed by atoms with Crippen molar-refractivity contribution in [3.63, 3.8) is 0 Å². The average Bonchev–Trinajstić information content (AvgIpc) is 2.98. The summed E-state index contributed by atoms with van der Waals surface area (Å²) in [5, 5.41) is 6.62. The van der Waals surface area contributed by atoms with Crippen LogP contribution in [-0.2, 0) is 16.0 Å². The molecule has 5 nitrogen and oxygen atoms in total. The van der Waals surface area contributed by atoms with Crippen LogP contribution >= 0.6 is 11.6 Å². The summed E-state index contributed by atoms with van der Waals surface area (Å²) >= 11 is 5.93. The van der Waals surface area contributed by atoms with Gasteiger partial charge in [0.1, 0.15) is 6.04 Å². The first-order valence-corrected chi connectivity index (χ1v) is 8.56. The van der Waals surface area contributed by atoms with E-state index in [1.807, 2.05) is 18.2 Å². The summed E-state index contributed by atoms with van der Waals surface area (Å²) in [7, 11) is 0. The quantitative estimate of drug-likeness (QED) is 0.877. The highest BCUT2D eigenvalue weighted by Crippen LogP contribution is 2.30. The lowest BCUT2D eigenvalue weighted by Crippen LogP contribution is -2.31. The Labute approximate surface area is 152 Å². The Bertz CT molecular complexity index is 822. The minimum Gasteiger partial charge on any atom is -0.374 e. The standard InChI is InChI=1S/C19H20ClN3O2/c1-12(19(25)22-16-5-3-4-15(20)11-16)21-17-6-7-18-14(10-17)8-9-23(18)13(2)24/h3-7,10-12,21H,8-9H2,1-2H3,(H,22,25)/t12-/m1/s1. The lowest BCUT2D eigenvalue weighted by atomic mass is 10.1. The van der Waals surface area contributed by atoms with Crippen molar-refractivity contribution in [2.45, 2.75) is 26.3 Å². The zero-order chi connectivity index (χ0) is 18.0. The van der Waals surface area contributed by atoms with Crippen molar-refractivity contribution in [1.82, 2.24) is 0 Å². The van der Waals surface area contributed by atoms with Crippen LogP contribution in [-0.4, -0.2) is 24.4 Å². The summed E-state index contributed by atoms with van der Waals surface area (Å²) in [5.74, 6) is -0.0955. The van der Waals surface area contributed by atoms with Crippen LogP contribution in [0, 0.1) is 0 Å². The van der Waals surface area contributed by atoms with Gasteiger partial charge in [0.2, 0.25) is 11.8 Å². The van der Waals surface area contributed by atoms with Gasteiger partial charge in [-0.25, -0.2) is 0 Å². The predicted octanol–water partition coefficient (Wildman–Crippen LogP) is 3.69. The van der Waals surface area contributed by atoms with E-state index in [9.17, 15) is 9.59 Å². The number of anilines is 3. The van der Waals surface area contributed by atoms with Gasteiger partial charge in [-0.05, 0) is 55.3 Å². The van der Waals surface area contributed by atoms with Crippen LogP contribution in [0.25, 0.3) is 0 Å². The maximum absolute atomic E-state index is 12.3. The molecule has 0 fully saturated rings. The third-order valence-electron chi connectivity index (χ3n) is 4.22. The second-order valence-corrected chi connectivity index (χ2v) is 6.57. The fraction of sp³-hybridized carbons (Fsp3) is 0.263.